The maximum absolute atomic E-state index is 11.6. The van der Waals surface area contributed by atoms with Crippen molar-refractivity contribution in [2.24, 2.45) is 0 Å². The van der Waals surface area contributed by atoms with E-state index in [0.29, 0.717) is 35.9 Å². The number of benzene rings is 2. The number of carbonyl (C=O) groups excluding carboxylic acids is 1. The van der Waals surface area contributed by atoms with Gasteiger partial charge in [-0.3, -0.25) is 4.90 Å². The summed E-state index contributed by atoms with van der Waals surface area (Å²) in [6, 6.07) is 12.0. The highest BCUT2D eigenvalue weighted by Crippen LogP contribution is 2.44. The molecule has 5 nitrogen and oxygen atoms in total. The van der Waals surface area contributed by atoms with Crippen LogP contribution in [0.5, 0.6) is 11.5 Å². The fourth-order valence-electron chi connectivity index (χ4n) is 4.41. The highest BCUT2D eigenvalue weighted by molar-refractivity contribution is 5.99. The number of piperidine rings is 1. The first-order chi connectivity index (χ1) is 16.2. The average Bonchev–Trinajstić information content (AvgIpc) is 3.35. The Labute approximate surface area is 195 Å². The molecule has 1 aliphatic rings. The summed E-state index contributed by atoms with van der Waals surface area (Å²) in [7, 11) is 0. The first-order valence-corrected chi connectivity index (χ1v) is 11.6. The summed E-state index contributed by atoms with van der Waals surface area (Å²) in [5, 5.41) is 0.907. The van der Waals surface area contributed by atoms with E-state index < -0.39 is 0 Å². The van der Waals surface area contributed by atoms with Crippen LogP contribution in [-0.4, -0.2) is 43.7 Å². The van der Waals surface area contributed by atoms with Gasteiger partial charge in [-0.25, -0.2) is 4.79 Å². The van der Waals surface area contributed by atoms with Gasteiger partial charge in [0.05, 0.1) is 6.26 Å². The molecule has 0 atom stereocenters. The molecular weight excluding hydrogens is 414 g/mol. The lowest BCUT2D eigenvalue weighted by molar-refractivity contribution is 0.179. The van der Waals surface area contributed by atoms with Crippen LogP contribution in [0.1, 0.15) is 42.9 Å². The first kappa shape index (κ1) is 22.9. The Morgan fingerprint density at radius 2 is 1.88 bits per heavy atom. The zero-order valence-corrected chi connectivity index (χ0v) is 19.4. The summed E-state index contributed by atoms with van der Waals surface area (Å²) in [4.78, 5) is 14.1. The monoisotopic (exact) mass is 445 g/mol. The number of hydrogen-bond donors (Lipinski definition) is 0. The van der Waals surface area contributed by atoms with Crippen LogP contribution in [0.2, 0.25) is 0 Å². The van der Waals surface area contributed by atoms with Gasteiger partial charge in [0, 0.05) is 23.1 Å². The van der Waals surface area contributed by atoms with Crippen LogP contribution in [0.15, 0.2) is 53.2 Å². The zero-order chi connectivity index (χ0) is 23.0. The van der Waals surface area contributed by atoms with E-state index in [9.17, 15) is 4.79 Å². The molecule has 0 aliphatic carbocycles. The van der Waals surface area contributed by atoms with Gasteiger partial charge in [0.15, 0.2) is 11.3 Å². The normalized spacial score (nSPS) is 14.5. The minimum atomic E-state index is 0.347. The van der Waals surface area contributed by atoms with Gasteiger partial charge in [-0.15, -0.1) is 0 Å². The van der Waals surface area contributed by atoms with E-state index in [1.807, 2.05) is 55.5 Å². The highest BCUT2D eigenvalue weighted by Gasteiger charge is 2.24. The first-order valence-electron chi connectivity index (χ1n) is 11.6. The smallest absolute Gasteiger partial charge is 0.205 e. The largest absolute Gasteiger partial charge is 0.488 e. The van der Waals surface area contributed by atoms with E-state index in [4.69, 9.17) is 13.9 Å². The van der Waals surface area contributed by atoms with E-state index >= 15 is 0 Å². The van der Waals surface area contributed by atoms with Gasteiger partial charge >= 0.3 is 0 Å². The minimum absolute atomic E-state index is 0.347. The molecule has 1 aromatic heterocycles. The van der Waals surface area contributed by atoms with E-state index in [-0.39, 0.29) is 0 Å². The van der Waals surface area contributed by atoms with Gasteiger partial charge in [-0.2, -0.15) is 0 Å². The Bertz CT molecular complexity index is 1150. The molecule has 172 valence electrons. The van der Waals surface area contributed by atoms with Crippen LogP contribution >= 0.6 is 0 Å². The van der Waals surface area contributed by atoms with Crippen molar-refractivity contribution in [1.82, 2.24) is 4.90 Å². The molecule has 0 unspecified atom stereocenters. The molecule has 4 rings (SSSR count). The Hall–Kier alpha value is -3.27. The van der Waals surface area contributed by atoms with Crippen molar-refractivity contribution in [2.75, 3.05) is 32.8 Å². The number of aryl methyl sites for hydroxylation is 1. The number of allylic oxidation sites excluding steroid dienone is 1. The molecule has 3 aromatic rings. The molecule has 1 saturated heterocycles. The molecule has 0 amide bonds. The third-order valence-electron chi connectivity index (χ3n) is 6.15. The predicted octanol–water partition coefficient (Wildman–Crippen LogP) is 5.93. The van der Waals surface area contributed by atoms with E-state index in [2.05, 4.69) is 10.8 Å². The molecule has 1 aliphatic heterocycles. The van der Waals surface area contributed by atoms with Crippen LogP contribution in [0.3, 0.4) is 0 Å². The van der Waals surface area contributed by atoms with Crippen LogP contribution in [0.25, 0.3) is 22.6 Å². The highest BCUT2D eigenvalue weighted by atomic mass is 16.5. The summed E-state index contributed by atoms with van der Waals surface area (Å²) in [6.45, 7) is 7.65. The van der Waals surface area contributed by atoms with Crippen LogP contribution in [0, 0.1) is 6.92 Å². The molecule has 0 N–H and O–H groups in total. The number of likely N-dealkylation sites (tertiary alicyclic amines) is 1. The fourth-order valence-corrected chi connectivity index (χ4v) is 4.41. The molecule has 33 heavy (non-hydrogen) atoms. The Morgan fingerprint density at radius 3 is 2.64 bits per heavy atom. The van der Waals surface area contributed by atoms with Gasteiger partial charge < -0.3 is 13.9 Å². The maximum atomic E-state index is 11.6. The van der Waals surface area contributed by atoms with Gasteiger partial charge in [-0.1, -0.05) is 42.8 Å². The van der Waals surface area contributed by atoms with Crippen LogP contribution in [0.4, 0.5) is 0 Å². The van der Waals surface area contributed by atoms with Crippen LogP contribution in [-0.2, 0) is 4.79 Å². The van der Waals surface area contributed by atoms with E-state index in [0.717, 1.165) is 41.7 Å². The molecular formula is C28H31NO4. The second-order valence-electron chi connectivity index (χ2n) is 8.42. The van der Waals surface area contributed by atoms with Gasteiger partial charge in [0.1, 0.15) is 19.2 Å². The molecule has 2 aromatic carbocycles. The van der Waals surface area contributed by atoms with Crippen molar-refractivity contribution in [3.63, 3.8) is 0 Å². The SMILES string of the molecule is CC(=C=O)c1c(OCCN2CCCCC2)c(OC/C=C/c2ccccc2)c2occc2c1C. The number of rotatable bonds is 9. The molecule has 0 spiro atoms. The minimum Gasteiger partial charge on any atom is -0.488 e. The molecule has 0 saturated carbocycles. The molecule has 0 radical (unpaired) electrons. The van der Waals surface area contributed by atoms with Gasteiger partial charge in [0.25, 0.3) is 0 Å². The summed E-state index contributed by atoms with van der Waals surface area (Å²) < 4.78 is 18.3. The third-order valence-corrected chi connectivity index (χ3v) is 6.15. The summed E-state index contributed by atoms with van der Waals surface area (Å²) in [6.07, 6.45) is 9.39. The van der Waals surface area contributed by atoms with Crippen LogP contribution < -0.4 is 9.47 Å². The number of furan rings is 1. The molecule has 0 bridgehead atoms. The lowest BCUT2D eigenvalue weighted by Gasteiger charge is -2.26. The third kappa shape index (κ3) is 5.39. The van der Waals surface area contributed by atoms with E-state index in [1.165, 1.54) is 19.3 Å². The fraction of sp³-hybridized carbons (Fsp3) is 0.357. The topological polar surface area (TPSA) is 51.9 Å². The van der Waals surface area contributed by atoms with Crippen molar-refractivity contribution in [2.45, 2.75) is 33.1 Å². The lowest BCUT2D eigenvalue weighted by atomic mass is 9.97. The van der Waals surface area contributed by atoms with Crippen molar-refractivity contribution in [1.29, 1.82) is 0 Å². The molecule has 2 heterocycles. The average molecular weight is 446 g/mol. The molecule has 5 heteroatoms. The van der Waals surface area contributed by atoms with Gasteiger partial charge in [0.2, 0.25) is 5.75 Å². The maximum Gasteiger partial charge on any atom is 0.205 e. The van der Waals surface area contributed by atoms with Crippen molar-refractivity contribution in [3.05, 3.63) is 65.4 Å². The Balaban J connectivity index is 1.62. The molecule has 1 fully saturated rings. The number of hydrogen-bond acceptors (Lipinski definition) is 5. The number of ether oxygens (including phenoxy) is 2. The van der Waals surface area contributed by atoms with Crippen molar-refractivity contribution in [3.8, 4) is 11.5 Å². The number of fused-ring (bicyclic) bond motifs is 1. The van der Waals surface area contributed by atoms with E-state index in [1.54, 1.807) is 13.2 Å². The standard InChI is InChI=1S/C28H31NO4/c1-21(20-30)25-22(2)24-13-18-32-26(24)28(31-17-9-12-23-10-5-3-6-11-23)27(25)33-19-16-29-14-7-4-8-15-29/h3,5-6,9-13,18H,4,7-8,14-17,19H2,1-2H3/b12-9+. The number of nitrogens with zero attached hydrogens (tertiary/aromatic N) is 1. The Kier molecular flexibility index (Phi) is 7.66. The summed E-state index contributed by atoms with van der Waals surface area (Å²) >= 11 is 0. The zero-order valence-electron chi connectivity index (χ0n) is 19.4. The Morgan fingerprint density at radius 1 is 1.09 bits per heavy atom. The van der Waals surface area contributed by atoms with Crippen molar-refractivity contribution < 1.29 is 18.7 Å². The second kappa shape index (κ2) is 11.0. The quantitative estimate of drug-likeness (QED) is 0.382. The second-order valence-corrected chi connectivity index (χ2v) is 8.42. The predicted molar refractivity (Wildman–Crippen MR) is 132 cm³/mol. The van der Waals surface area contributed by atoms with Gasteiger partial charge in [-0.05, 0) is 63.0 Å². The van der Waals surface area contributed by atoms with Crippen molar-refractivity contribution >= 4 is 28.6 Å². The lowest BCUT2D eigenvalue weighted by Crippen LogP contribution is -2.33. The summed E-state index contributed by atoms with van der Waals surface area (Å²) in [5.74, 6) is 3.14. The summed E-state index contributed by atoms with van der Waals surface area (Å²) in [5.41, 5.74) is 3.90.